The molecule has 0 unspecified atom stereocenters. The number of aromatic nitrogens is 3. The molecule has 35 heavy (non-hydrogen) atoms. The maximum atomic E-state index is 12.7. The van der Waals surface area contributed by atoms with Gasteiger partial charge in [-0.15, -0.1) is 0 Å². The summed E-state index contributed by atoms with van der Waals surface area (Å²) in [5.41, 5.74) is 4.57. The van der Waals surface area contributed by atoms with E-state index in [4.69, 9.17) is 15.1 Å². The molecule has 0 spiro atoms. The Kier molecular flexibility index (Phi) is 7.61. The van der Waals surface area contributed by atoms with Crippen LogP contribution in [0, 0.1) is 11.3 Å². The smallest absolute Gasteiger partial charge is 0.255 e. The van der Waals surface area contributed by atoms with E-state index in [0.717, 1.165) is 22.6 Å². The van der Waals surface area contributed by atoms with E-state index < -0.39 is 0 Å². The van der Waals surface area contributed by atoms with Gasteiger partial charge < -0.3 is 10.1 Å². The number of carbonyl (C=O) groups is 1. The second kappa shape index (κ2) is 11.4. The summed E-state index contributed by atoms with van der Waals surface area (Å²) in [6, 6.07) is 22.2. The number of anilines is 1. The quantitative estimate of drug-likeness (QED) is 0.280. The predicted octanol–water partition coefficient (Wildman–Crippen LogP) is 4.92. The van der Waals surface area contributed by atoms with Crippen LogP contribution in [0.3, 0.4) is 0 Å². The third-order valence-corrected chi connectivity index (χ3v) is 5.14. The molecule has 4 aromatic rings. The SMILES string of the molecule is CN=Cc1cc(-c2cccnc2)nn1-c1ccc(NC(=O)c2ccc(OCCCC#N)cc2)cc1. The van der Waals surface area contributed by atoms with Gasteiger partial charge in [-0.05, 0) is 73.2 Å². The molecule has 0 fully saturated rings. The molecule has 4 rings (SSSR count). The van der Waals surface area contributed by atoms with E-state index in [2.05, 4.69) is 21.4 Å². The molecule has 8 nitrogen and oxygen atoms in total. The Morgan fingerprint density at radius 1 is 1.17 bits per heavy atom. The van der Waals surface area contributed by atoms with Crippen LogP contribution in [0.25, 0.3) is 16.9 Å². The van der Waals surface area contributed by atoms with Crippen LogP contribution in [0.4, 0.5) is 5.69 Å². The van der Waals surface area contributed by atoms with Crippen LogP contribution < -0.4 is 10.1 Å². The number of unbranched alkanes of at least 4 members (excludes halogenated alkanes) is 1. The molecule has 2 heterocycles. The summed E-state index contributed by atoms with van der Waals surface area (Å²) < 4.78 is 7.37. The lowest BCUT2D eigenvalue weighted by molar-refractivity contribution is 0.102. The van der Waals surface area contributed by atoms with Crippen molar-refractivity contribution in [3.63, 3.8) is 0 Å². The van der Waals surface area contributed by atoms with Crippen LogP contribution in [0.15, 0.2) is 84.1 Å². The van der Waals surface area contributed by atoms with Crippen molar-refractivity contribution in [2.45, 2.75) is 12.8 Å². The third kappa shape index (κ3) is 5.97. The summed E-state index contributed by atoms with van der Waals surface area (Å²) in [5, 5.41) is 16.2. The summed E-state index contributed by atoms with van der Waals surface area (Å²) in [6.07, 6.45) is 6.37. The molecule has 2 aromatic carbocycles. The highest BCUT2D eigenvalue weighted by molar-refractivity contribution is 6.04. The fourth-order valence-corrected chi connectivity index (χ4v) is 3.41. The Hall–Kier alpha value is -4.77. The number of carbonyl (C=O) groups excluding carboxylic acids is 1. The van der Waals surface area contributed by atoms with E-state index in [1.165, 1.54) is 0 Å². The molecule has 0 aliphatic heterocycles. The van der Waals surface area contributed by atoms with Crippen molar-refractivity contribution >= 4 is 17.8 Å². The lowest BCUT2D eigenvalue weighted by atomic mass is 10.2. The maximum absolute atomic E-state index is 12.7. The normalized spacial score (nSPS) is 10.7. The fraction of sp³-hybridized carbons (Fsp3) is 0.148. The zero-order valence-electron chi connectivity index (χ0n) is 19.3. The molecule has 174 valence electrons. The topological polar surface area (TPSA) is 105 Å². The van der Waals surface area contributed by atoms with Gasteiger partial charge in [0.1, 0.15) is 5.75 Å². The zero-order valence-corrected chi connectivity index (χ0v) is 19.3. The highest BCUT2D eigenvalue weighted by atomic mass is 16.5. The Morgan fingerprint density at radius 2 is 1.97 bits per heavy atom. The summed E-state index contributed by atoms with van der Waals surface area (Å²) >= 11 is 0. The van der Waals surface area contributed by atoms with Gasteiger partial charge in [-0.1, -0.05) is 0 Å². The molecule has 0 atom stereocenters. The molecule has 0 aliphatic rings. The summed E-state index contributed by atoms with van der Waals surface area (Å²) in [7, 11) is 1.72. The van der Waals surface area contributed by atoms with Crippen LogP contribution >= 0.6 is 0 Å². The lowest BCUT2D eigenvalue weighted by Gasteiger charge is -2.09. The lowest BCUT2D eigenvalue weighted by Crippen LogP contribution is -2.12. The van der Waals surface area contributed by atoms with Crippen LogP contribution in [0.5, 0.6) is 5.75 Å². The van der Waals surface area contributed by atoms with E-state index >= 15 is 0 Å². The first-order valence-electron chi connectivity index (χ1n) is 11.1. The highest BCUT2D eigenvalue weighted by Gasteiger charge is 2.11. The van der Waals surface area contributed by atoms with Crippen molar-refractivity contribution in [1.82, 2.24) is 14.8 Å². The average Bonchev–Trinajstić information content (AvgIpc) is 3.32. The van der Waals surface area contributed by atoms with Gasteiger partial charge >= 0.3 is 0 Å². The first kappa shape index (κ1) is 23.4. The number of nitriles is 1. The van der Waals surface area contributed by atoms with E-state index in [0.29, 0.717) is 36.4 Å². The average molecular weight is 465 g/mol. The minimum atomic E-state index is -0.217. The molecule has 2 aromatic heterocycles. The second-order valence-electron chi connectivity index (χ2n) is 7.63. The molecule has 1 amide bonds. The number of nitrogens with one attached hydrogen (secondary N) is 1. The molecule has 0 saturated carbocycles. The maximum Gasteiger partial charge on any atom is 0.255 e. The second-order valence-corrected chi connectivity index (χ2v) is 7.63. The minimum absolute atomic E-state index is 0.217. The molecular weight excluding hydrogens is 440 g/mol. The van der Waals surface area contributed by atoms with E-state index in [1.54, 1.807) is 54.6 Å². The van der Waals surface area contributed by atoms with Gasteiger partial charge in [0.15, 0.2) is 0 Å². The minimum Gasteiger partial charge on any atom is -0.494 e. The molecule has 0 bridgehead atoms. The number of benzene rings is 2. The van der Waals surface area contributed by atoms with Gasteiger partial charge in [-0.2, -0.15) is 10.4 Å². The van der Waals surface area contributed by atoms with Gasteiger partial charge in [-0.3, -0.25) is 14.8 Å². The standard InChI is InChI=1S/C27H24N6O2/c1-29-19-24-17-26(21-5-4-15-30-18-21)32-33(24)23-10-8-22(9-11-23)31-27(34)20-6-12-25(13-7-20)35-16-3-2-14-28/h4-13,15,17-19H,2-3,16H2,1H3,(H,31,34). The Bertz CT molecular complexity index is 1340. The van der Waals surface area contributed by atoms with Crippen molar-refractivity contribution < 1.29 is 9.53 Å². The van der Waals surface area contributed by atoms with Crippen molar-refractivity contribution in [2.75, 3.05) is 19.0 Å². The summed E-state index contributed by atoms with van der Waals surface area (Å²) in [6.45, 7) is 0.470. The highest BCUT2D eigenvalue weighted by Crippen LogP contribution is 2.22. The van der Waals surface area contributed by atoms with Gasteiger partial charge in [0.25, 0.3) is 5.91 Å². The first-order chi connectivity index (χ1) is 17.2. The number of amides is 1. The Labute approximate surface area is 203 Å². The number of nitrogens with zero attached hydrogens (tertiary/aromatic N) is 5. The van der Waals surface area contributed by atoms with E-state index in [1.807, 2.05) is 42.5 Å². The van der Waals surface area contributed by atoms with Crippen LogP contribution in [0.2, 0.25) is 0 Å². The molecule has 0 saturated heterocycles. The summed E-state index contributed by atoms with van der Waals surface area (Å²) in [4.78, 5) is 21.0. The van der Waals surface area contributed by atoms with Gasteiger partial charge in [-0.25, -0.2) is 4.68 Å². The molecule has 1 N–H and O–H groups in total. The fourth-order valence-electron chi connectivity index (χ4n) is 3.41. The third-order valence-electron chi connectivity index (χ3n) is 5.14. The number of aliphatic imine (C=N–C) groups is 1. The molecule has 0 radical (unpaired) electrons. The van der Waals surface area contributed by atoms with Gasteiger partial charge in [0.2, 0.25) is 0 Å². The van der Waals surface area contributed by atoms with Crippen molar-refractivity contribution in [1.29, 1.82) is 5.26 Å². The van der Waals surface area contributed by atoms with Crippen molar-refractivity contribution in [3.05, 3.63) is 90.4 Å². The van der Waals surface area contributed by atoms with Gasteiger partial charge in [0.05, 0.1) is 29.8 Å². The number of rotatable bonds is 9. The first-order valence-corrected chi connectivity index (χ1v) is 11.1. The summed E-state index contributed by atoms with van der Waals surface area (Å²) in [5.74, 6) is 0.450. The van der Waals surface area contributed by atoms with Gasteiger partial charge in [0, 0.05) is 48.9 Å². The largest absolute Gasteiger partial charge is 0.494 e. The van der Waals surface area contributed by atoms with Crippen LogP contribution in [0.1, 0.15) is 28.9 Å². The van der Waals surface area contributed by atoms with Crippen molar-refractivity contribution in [2.24, 2.45) is 4.99 Å². The number of ether oxygens (including phenoxy) is 1. The molecular formula is C27H24N6O2. The van der Waals surface area contributed by atoms with E-state index in [-0.39, 0.29) is 5.91 Å². The Balaban J connectivity index is 1.44. The van der Waals surface area contributed by atoms with Crippen LogP contribution in [-0.2, 0) is 0 Å². The monoisotopic (exact) mass is 464 g/mol. The zero-order chi connectivity index (χ0) is 24.5. The molecule has 8 heteroatoms. The number of pyridine rings is 1. The Morgan fingerprint density at radius 3 is 2.66 bits per heavy atom. The van der Waals surface area contributed by atoms with E-state index in [9.17, 15) is 4.79 Å². The predicted molar refractivity (Wildman–Crippen MR) is 135 cm³/mol. The molecule has 0 aliphatic carbocycles. The van der Waals surface area contributed by atoms with Crippen molar-refractivity contribution in [3.8, 4) is 28.8 Å². The number of hydrogen-bond acceptors (Lipinski definition) is 6. The number of hydrogen-bond donors (Lipinski definition) is 1. The van der Waals surface area contributed by atoms with Crippen LogP contribution in [-0.4, -0.2) is 40.5 Å².